The van der Waals surface area contributed by atoms with Gasteiger partial charge in [-0.1, -0.05) is 6.92 Å². The van der Waals surface area contributed by atoms with Crippen LogP contribution in [0.2, 0.25) is 0 Å². The molecule has 0 saturated carbocycles. The minimum Gasteiger partial charge on any atom is -0.383 e. The molecule has 1 aliphatic carbocycles. The lowest BCUT2D eigenvalue weighted by molar-refractivity contribution is -0.0194. The van der Waals surface area contributed by atoms with E-state index in [2.05, 4.69) is 5.10 Å². The number of rotatable bonds is 1. The fourth-order valence-electron chi connectivity index (χ4n) is 2.29. The van der Waals surface area contributed by atoms with Crippen molar-refractivity contribution in [3.05, 3.63) is 17.5 Å². The Balaban J connectivity index is 2.52. The maximum absolute atomic E-state index is 10.4. The fraction of sp³-hybridized carbons (Fsp3) is 0.700. The van der Waals surface area contributed by atoms with E-state index in [0.29, 0.717) is 0 Å². The molecule has 1 aromatic rings. The molecule has 0 aliphatic heterocycles. The van der Waals surface area contributed by atoms with Crippen LogP contribution in [0.1, 0.15) is 24.6 Å². The topological polar surface area (TPSA) is 64.1 Å². The van der Waals surface area contributed by atoms with Crippen LogP contribution < -0.4 is 5.73 Å². The first kappa shape index (κ1) is 9.68. The molecule has 0 amide bonds. The molecule has 3 N–H and O–H groups in total. The Morgan fingerprint density at radius 3 is 3.14 bits per heavy atom. The van der Waals surface area contributed by atoms with Gasteiger partial charge in [0, 0.05) is 24.8 Å². The number of fused-ring (bicyclic) bond motifs is 1. The van der Waals surface area contributed by atoms with Crippen LogP contribution in [0.5, 0.6) is 0 Å². The Morgan fingerprint density at radius 1 is 1.79 bits per heavy atom. The lowest BCUT2D eigenvalue weighted by atomic mass is 9.75. The van der Waals surface area contributed by atoms with E-state index in [4.69, 9.17) is 5.73 Å². The quantitative estimate of drug-likeness (QED) is 0.670. The number of nitrogens with zero attached hydrogens (tertiary/aromatic N) is 2. The van der Waals surface area contributed by atoms with Gasteiger partial charge in [0.1, 0.15) is 5.60 Å². The molecule has 78 valence electrons. The smallest absolute Gasteiger partial charge is 0.108 e. The van der Waals surface area contributed by atoms with Gasteiger partial charge in [0.05, 0.1) is 6.20 Å². The number of aryl methyl sites for hydroxylation is 1. The predicted molar refractivity (Wildman–Crippen MR) is 53.6 cm³/mol. The molecule has 0 bridgehead atoms. The van der Waals surface area contributed by atoms with E-state index in [9.17, 15) is 5.11 Å². The molecule has 0 radical (unpaired) electrons. The number of hydrogen-bond acceptors (Lipinski definition) is 3. The van der Waals surface area contributed by atoms with E-state index in [-0.39, 0.29) is 12.5 Å². The van der Waals surface area contributed by atoms with E-state index >= 15 is 0 Å². The number of nitrogens with two attached hydrogens (primary N) is 1. The molecular formula is C10H17N3O. The third-order valence-corrected chi connectivity index (χ3v) is 3.47. The maximum Gasteiger partial charge on any atom is 0.108 e. The Morgan fingerprint density at radius 2 is 2.50 bits per heavy atom. The SMILES string of the molecule is CC1CCc2c(cnn2C)C1(O)CN. The summed E-state index contributed by atoms with van der Waals surface area (Å²) in [6.07, 6.45) is 3.70. The molecule has 0 saturated heterocycles. The van der Waals surface area contributed by atoms with Crippen molar-refractivity contribution in [2.24, 2.45) is 18.7 Å². The number of aliphatic hydroxyl groups is 1. The second-order valence-electron chi connectivity index (χ2n) is 4.20. The molecule has 0 spiro atoms. The fourth-order valence-corrected chi connectivity index (χ4v) is 2.29. The summed E-state index contributed by atoms with van der Waals surface area (Å²) in [6.45, 7) is 2.32. The Labute approximate surface area is 83.7 Å². The highest BCUT2D eigenvalue weighted by atomic mass is 16.3. The monoisotopic (exact) mass is 195 g/mol. The second-order valence-corrected chi connectivity index (χ2v) is 4.20. The van der Waals surface area contributed by atoms with E-state index in [0.717, 1.165) is 24.1 Å². The van der Waals surface area contributed by atoms with Crippen LogP contribution in [-0.2, 0) is 19.1 Å². The molecule has 1 aromatic heterocycles. The van der Waals surface area contributed by atoms with Crippen molar-refractivity contribution in [3.63, 3.8) is 0 Å². The highest BCUT2D eigenvalue weighted by Crippen LogP contribution is 2.38. The van der Waals surface area contributed by atoms with Gasteiger partial charge in [-0.3, -0.25) is 4.68 Å². The van der Waals surface area contributed by atoms with E-state index in [1.807, 2.05) is 18.7 Å². The van der Waals surface area contributed by atoms with Gasteiger partial charge in [0.15, 0.2) is 0 Å². The Kier molecular flexibility index (Phi) is 2.12. The molecule has 2 rings (SSSR count). The zero-order valence-electron chi connectivity index (χ0n) is 8.70. The van der Waals surface area contributed by atoms with Crippen molar-refractivity contribution in [1.29, 1.82) is 0 Å². The summed E-state index contributed by atoms with van der Waals surface area (Å²) in [5, 5.41) is 14.6. The van der Waals surface area contributed by atoms with Crippen molar-refractivity contribution >= 4 is 0 Å². The highest BCUT2D eigenvalue weighted by molar-refractivity contribution is 5.29. The third-order valence-electron chi connectivity index (χ3n) is 3.47. The molecule has 0 fully saturated rings. The minimum atomic E-state index is -0.873. The van der Waals surface area contributed by atoms with E-state index in [1.165, 1.54) is 0 Å². The van der Waals surface area contributed by atoms with Gasteiger partial charge in [-0.15, -0.1) is 0 Å². The number of hydrogen-bond donors (Lipinski definition) is 2. The largest absolute Gasteiger partial charge is 0.383 e. The van der Waals surface area contributed by atoms with Crippen LogP contribution in [0.4, 0.5) is 0 Å². The van der Waals surface area contributed by atoms with Gasteiger partial charge in [0.25, 0.3) is 0 Å². The normalized spacial score (nSPS) is 31.6. The molecule has 0 aromatic carbocycles. The third kappa shape index (κ3) is 1.11. The van der Waals surface area contributed by atoms with Crippen LogP contribution in [0.15, 0.2) is 6.20 Å². The molecular weight excluding hydrogens is 178 g/mol. The van der Waals surface area contributed by atoms with Gasteiger partial charge in [-0.2, -0.15) is 5.10 Å². The average Bonchev–Trinajstić information content (AvgIpc) is 2.55. The summed E-state index contributed by atoms with van der Waals surface area (Å²) in [4.78, 5) is 0. The zero-order chi connectivity index (χ0) is 10.3. The molecule has 2 atom stereocenters. The van der Waals surface area contributed by atoms with E-state index in [1.54, 1.807) is 6.20 Å². The van der Waals surface area contributed by atoms with Gasteiger partial charge in [-0.05, 0) is 18.8 Å². The summed E-state index contributed by atoms with van der Waals surface area (Å²) in [6, 6.07) is 0. The molecule has 1 aliphatic rings. The van der Waals surface area contributed by atoms with Gasteiger partial charge < -0.3 is 10.8 Å². The first-order chi connectivity index (χ1) is 6.59. The number of aromatic nitrogens is 2. The van der Waals surface area contributed by atoms with Crippen LogP contribution in [0.25, 0.3) is 0 Å². The predicted octanol–water partition coefficient (Wildman–Crippen LogP) is 0.149. The first-order valence-corrected chi connectivity index (χ1v) is 5.03. The van der Waals surface area contributed by atoms with Crippen molar-refractivity contribution < 1.29 is 5.11 Å². The van der Waals surface area contributed by atoms with Crippen LogP contribution in [0, 0.1) is 5.92 Å². The highest BCUT2D eigenvalue weighted by Gasteiger charge is 2.40. The van der Waals surface area contributed by atoms with Crippen molar-refractivity contribution in [1.82, 2.24) is 9.78 Å². The first-order valence-electron chi connectivity index (χ1n) is 5.03. The minimum absolute atomic E-state index is 0.212. The van der Waals surface area contributed by atoms with E-state index < -0.39 is 5.60 Å². The van der Waals surface area contributed by atoms with Crippen molar-refractivity contribution in [2.45, 2.75) is 25.4 Å². The zero-order valence-corrected chi connectivity index (χ0v) is 8.70. The molecule has 1 heterocycles. The maximum atomic E-state index is 10.4. The lowest BCUT2D eigenvalue weighted by Crippen LogP contribution is -2.44. The summed E-state index contributed by atoms with van der Waals surface area (Å²) < 4.78 is 1.84. The summed E-state index contributed by atoms with van der Waals surface area (Å²) >= 11 is 0. The molecule has 2 unspecified atom stereocenters. The molecule has 4 nitrogen and oxygen atoms in total. The van der Waals surface area contributed by atoms with Gasteiger partial charge in [0.2, 0.25) is 0 Å². The lowest BCUT2D eigenvalue weighted by Gasteiger charge is -2.37. The average molecular weight is 195 g/mol. The Hall–Kier alpha value is -0.870. The summed E-state index contributed by atoms with van der Waals surface area (Å²) in [5.74, 6) is 0.212. The van der Waals surface area contributed by atoms with Crippen LogP contribution >= 0.6 is 0 Å². The van der Waals surface area contributed by atoms with Gasteiger partial charge in [-0.25, -0.2) is 0 Å². The second kappa shape index (κ2) is 3.07. The summed E-state index contributed by atoms with van der Waals surface area (Å²) in [7, 11) is 1.91. The Bertz CT molecular complexity index is 347. The molecule has 4 heteroatoms. The molecule has 14 heavy (non-hydrogen) atoms. The summed E-state index contributed by atoms with van der Waals surface area (Å²) in [5.41, 5.74) is 6.83. The van der Waals surface area contributed by atoms with Crippen LogP contribution in [0.3, 0.4) is 0 Å². The van der Waals surface area contributed by atoms with Crippen molar-refractivity contribution in [2.75, 3.05) is 6.54 Å². The standard InChI is InChI=1S/C10H17N3O/c1-7-3-4-9-8(5-12-13(9)2)10(7,14)6-11/h5,7,14H,3-4,6,11H2,1-2H3. The van der Waals surface area contributed by atoms with Crippen molar-refractivity contribution in [3.8, 4) is 0 Å². The van der Waals surface area contributed by atoms with Crippen LogP contribution in [-0.4, -0.2) is 21.4 Å². The van der Waals surface area contributed by atoms with Gasteiger partial charge >= 0.3 is 0 Å².